The van der Waals surface area contributed by atoms with Crippen LogP contribution in [0.15, 0.2) is 4.99 Å². The van der Waals surface area contributed by atoms with Crippen molar-refractivity contribution in [3.05, 3.63) is 0 Å². The number of halogens is 1. The highest BCUT2D eigenvalue weighted by atomic mass is 35.5. The van der Waals surface area contributed by atoms with Gasteiger partial charge in [0.15, 0.2) is 5.96 Å². The maximum Gasteiger partial charge on any atom is 0.322 e. The summed E-state index contributed by atoms with van der Waals surface area (Å²) >= 11 is 0. The summed E-state index contributed by atoms with van der Waals surface area (Å²) in [6, 6.07) is -0.702. The minimum Gasteiger partial charge on any atom is -0.464 e. The van der Waals surface area contributed by atoms with Crippen LogP contribution in [0.4, 0.5) is 0 Å². The third-order valence-corrected chi connectivity index (χ3v) is 4.45. The number of ketones is 1. The lowest BCUT2D eigenvalue weighted by Gasteiger charge is -2.10. The van der Waals surface area contributed by atoms with Crippen molar-refractivity contribution in [2.24, 2.45) is 22.2 Å². The standard InChI is InChI=1S/C20H40N4O3.ClH/c1-2-3-4-5-6-7-8-9-10-12-17(25)14-16-27-19(26)18(21)13-11-15-24-20(22)23;/h18H,2-16,21H2,1H3,(H4,22,23,24);1H/t18-;/m0./s1. The summed E-state index contributed by atoms with van der Waals surface area (Å²) in [6.45, 7) is 2.76. The Labute approximate surface area is 176 Å². The van der Waals surface area contributed by atoms with Gasteiger partial charge in [-0.2, -0.15) is 0 Å². The van der Waals surface area contributed by atoms with Crippen molar-refractivity contribution in [2.75, 3.05) is 13.2 Å². The van der Waals surface area contributed by atoms with Crippen molar-refractivity contribution in [2.45, 2.75) is 96.4 Å². The van der Waals surface area contributed by atoms with Crippen molar-refractivity contribution in [3.63, 3.8) is 0 Å². The average Bonchev–Trinajstić information content (AvgIpc) is 2.63. The normalized spacial score (nSPS) is 11.4. The van der Waals surface area contributed by atoms with Gasteiger partial charge in [-0.3, -0.25) is 14.6 Å². The maximum atomic E-state index is 11.8. The fourth-order valence-corrected chi connectivity index (χ4v) is 2.77. The highest BCUT2D eigenvalue weighted by Crippen LogP contribution is 2.11. The number of aliphatic imine (C=N–C) groups is 1. The number of hydrogen-bond acceptors (Lipinski definition) is 5. The Kier molecular flexibility index (Phi) is 21.0. The zero-order valence-electron chi connectivity index (χ0n) is 17.5. The highest BCUT2D eigenvalue weighted by molar-refractivity contribution is 5.85. The summed E-state index contributed by atoms with van der Waals surface area (Å²) in [7, 11) is 0. The van der Waals surface area contributed by atoms with E-state index in [0.717, 1.165) is 12.8 Å². The number of guanidine groups is 1. The summed E-state index contributed by atoms with van der Waals surface area (Å²) in [5, 5.41) is 0. The number of Topliss-reactive ketones (excluding diaryl/α,β-unsaturated/α-hetero) is 1. The van der Waals surface area contributed by atoms with E-state index in [1.165, 1.54) is 44.9 Å². The molecule has 0 heterocycles. The molecule has 0 rings (SSSR count). The molecule has 6 N–H and O–H groups in total. The molecule has 0 aromatic rings. The Bertz CT molecular complexity index is 430. The fraction of sp³-hybridized carbons (Fsp3) is 0.850. The number of nitrogens with zero attached hydrogens (tertiary/aromatic N) is 1. The summed E-state index contributed by atoms with van der Waals surface area (Å²) in [5.74, 6) is -0.306. The first-order valence-corrected chi connectivity index (χ1v) is 10.5. The maximum absolute atomic E-state index is 11.8. The number of carbonyl (C=O) groups is 2. The topological polar surface area (TPSA) is 134 Å². The number of hydrogen-bond donors (Lipinski definition) is 3. The lowest BCUT2D eigenvalue weighted by atomic mass is 10.0. The van der Waals surface area contributed by atoms with Crippen molar-refractivity contribution >= 4 is 30.1 Å². The molecule has 0 saturated carbocycles. The van der Waals surface area contributed by atoms with Gasteiger partial charge in [-0.05, 0) is 19.3 Å². The minimum absolute atomic E-state index is 0. The van der Waals surface area contributed by atoms with Crippen LogP contribution in [0.25, 0.3) is 0 Å². The van der Waals surface area contributed by atoms with Gasteiger partial charge in [-0.1, -0.05) is 58.3 Å². The van der Waals surface area contributed by atoms with Gasteiger partial charge in [-0.25, -0.2) is 0 Å². The highest BCUT2D eigenvalue weighted by Gasteiger charge is 2.15. The Morgan fingerprint density at radius 2 is 1.46 bits per heavy atom. The monoisotopic (exact) mass is 420 g/mol. The van der Waals surface area contributed by atoms with Crippen LogP contribution in [0.2, 0.25) is 0 Å². The molecular weight excluding hydrogens is 380 g/mol. The van der Waals surface area contributed by atoms with Gasteiger partial charge in [0.1, 0.15) is 11.8 Å². The third-order valence-electron chi connectivity index (χ3n) is 4.45. The van der Waals surface area contributed by atoms with Gasteiger partial charge in [0, 0.05) is 19.4 Å². The van der Waals surface area contributed by atoms with Crippen LogP contribution in [0.3, 0.4) is 0 Å². The first kappa shape index (κ1) is 28.9. The van der Waals surface area contributed by atoms with Crippen molar-refractivity contribution in [3.8, 4) is 0 Å². The first-order valence-electron chi connectivity index (χ1n) is 10.5. The van der Waals surface area contributed by atoms with E-state index in [0.29, 0.717) is 25.8 Å². The number of esters is 1. The summed E-state index contributed by atoms with van der Waals surface area (Å²) in [5.41, 5.74) is 16.2. The molecule has 8 heteroatoms. The number of nitrogens with two attached hydrogens (primary N) is 3. The molecule has 0 aliphatic heterocycles. The molecule has 0 aliphatic carbocycles. The lowest BCUT2D eigenvalue weighted by molar-refractivity contribution is -0.145. The van der Waals surface area contributed by atoms with Gasteiger partial charge >= 0.3 is 5.97 Å². The van der Waals surface area contributed by atoms with E-state index in [9.17, 15) is 9.59 Å². The number of rotatable bonds is 18. The fourth-order valence-electron chi connectivity index (χ4n) is 2.77. The van der Waals surface area contributed by atoms with E-state index in [2.05, 4.69) is 11.9 Å². The number of ether oxygens (including phenoxy) is 1. The quantitative estimate of drug-likeness (QED) is 0.135. The molecule has 0 amide bonds. The van der Waals surface area contributed by atoms with Crippen LogP contribution in [-0.2, 0) is 14.3 Å². The molecular formula is C20H41ClN4O3. The first-order chi connectivity index (χ1) is 13.0. The second kappa shape index (κ2) is 20.4. The van der Waals surface area contributed by atoms with Gasteiger partial charge in [-0.15, -0.1) is 12.4 Å². The zero-order chi connectivity index (χ0) is 20.3. The van der Waals surface area contributed by atoms with Gasteiger partial charge in [0.05, 0.1) is 6.61 Å². The van der Waals surface area contributed by atoms with Gasteiger partial charge < -0.3 is 21.9 Å². The summed E-state index contributed by atoms with van der Waals surface area (Å²) in [4.78, 5) is 27.4. The Hall–Kier alpha value is -1.34. The smallest absolute Gasteiger partial charge is 0.322 e. The lowest BCUT2D eigenvalue weighted by Crippen LogP contribution is -2.33. The van der Waals surface area contributed by atoms with Crippen LogP contribution < -0.4 is 17.2 Å². The predicted molar refractivity (Wildman–Crippen MR) is 118 cm³/mol. The zero-order valence-corrected chi connectivity index (χ0v) is 18.3. The number of carbonyl (C=O) groups excluding carboxylic acids is 2. The summed E-state index contributed by atoms with van der Waals surface area (Å²) < 4.78 is 5.07. The van der Waals surface area contributed by atoms with Crippen molar-refractivity contribution in [1.29, 1.82) is 0 Å². The molecule has 0 aromatic carbocycles. The molecule has 0 radical (unpaired) electrons. The molecule has 0 bridgehead atoms. The van der Waals surface area contributed by atoms with Gasteiger partial charge in [0.25, 0.3) is 0 Å². The molecule has 0 aromatic heterocycles. The molecule has 166 valence electrons. The van der Waals surface area contributed by atoms with Crippen LogP contribution in [0, 0.1) is 0 Å². The van der Waals surface area contributed by atoms with Crippen LogP contribution >= 0.6 is 12.4 Å². The molecule has 28 heavy (non-hydrogen) atoms. The Morgan fingerprint density at radius 3 is 2.04 bits per heavy atom. The predicted octanol–water partition coefficient (Wildman–Crippen LogP) is 3.21. The molecule has 0 fully saturated rings. The van der Waals surface area contributed by atoms with Gasteiger partial charge in [0.2, 0.25) is 0 Å². The largest absolute Gasteiger partial charge is 0.464 e. The van der Waals surface area contributed by atoms with E-state index in [-0.39, 0.29) is 37.2 Å². The van der Waals surface area contributed by atoms with Crippen molar-refractivity contribution < 1.29 is 14.3 Å². The van der Waals surface area contributed by atoms with E-state index >= 15 is 0 Å². The molecule has 1 atom stereocenters. The molecule has 0 saturated heterocycles. The third kappa shape index (κ3) is 19.4. The summed E-state index contributed by atoms with van der Waals surface area (Å²) in [6.07, 6.45) is 12.9. The Balaban J connectivity index is 0. The van der Waals surface area contributed by atoms with Crippen LogP contribution in [-0.4, -0.2) is 36.9 Å². The molecule has 0 spiro atoms. The molecule has 7 nitrogen and oxygen atoms in total. The van der Waals surface area contributed by atoms with E-state index in [4.69, 9.17) is 21.9 Å². The van der Waals surface area contributed by atoms with E-state index in [1.54, 1.807) is 0 Å². The SMILES string of the molecule is CCCCCCCCCCCC(=O)CCOC(=O)[C@@H](N)CCCN=C(N)N.Cl. The average molecular weight is 421 g/mol. The Morgan fingerprint density at radius 1 is 0.893 bits per heavy atom. The second-order valence-corrected chi connectivity index (χ2v) is 7.09. The molecule has 0 unspecified atom stereocenters. The van der Waals surface area contributed by atoms with Crippen LogP contribution in [0.5, 0.6) is 0 Å². The second-order valence-electron chi connectivity index (χ2n) is 7.09. The van der Waals surface area contributed by atoms with E-state index in [1.807, 2.05) is 0 Å². The van der Waals surface area contributed by atoms with Crippen molar-refractivity contribution in [1.82, 2.24) is 0 Å². The minimum atomic E-state index is -0.702. The van der Waals surface area contributed by atoms with Crippen LogP contribution in [0.1, 0.15) is 90.4 Å². The number of unbranched alkanes of at least 4 members (excludes halogenated alkanes) is 8. The molecule has 0 aliphatic rings. The van der Waals surface area contributed by atoms with E-state index < -0.39 is 12.0 Å².